The Hall–Kier alpha value is -3.87. The largest absolute Gasteiger partial charge is 0.512 e. The highest BCUT2D eigenvalue weighted by Crippen LogP contribution is 2.50. The second-order valence-corrected chi connectivity index (χ2v) is 11.2. The summed E-state index contributed by atoms with van der Waals surface area (Å²) in [5, 5.41) is 24.9. The highest BCUT2D eigenvalue weighted by Gasteiger charge is 2.50. The Morgan fingerprint density at radius 3 is 2.59 bits per heavy atom. The SMILES string of the molecule is Cc1cnc2nc(CC3=C(O)CC(CCc4cc(F)c(C5(C#N)CC5)c(F)c4)(C4CCCC4)OC3=O)nn2c1. The quantitative estimate of drug-likeness (QED) is 0.419. The van der Waals surface area contributed by atoms with Gasteiger partial charge in [-0.2, -0.15) is 10.2 Å². The number of esters is 1. The first-order valence-corrected chi connectivity index (χ1v) is 13.4. The van der Waals surface area contributed by atoms with E-state index in [2.05, 4.69) is 21.1 Å². The molecule has 1 atom stereocenters. The molecule has 1 aromatic carbocycles. The molecule has 3 aromatic rings. The van der Waals surface area contributed by atoms with Crippen molar-refractivity contribution >= 4 is 11.7 Å². The number of rotatable bonds is 7. The van der Waals surface area contributed by atoms with Gasteiger partial charge in [0.2, 0.25) is 0 Å². The normalized spacial score (nSPS) is 22.8. The van der Waals surface area contributed by atoms with Crippen molar-refractivity contribution in [1.29, 1.82) is 5.26 Å². The van der Waals surface area contributed by atoms with Crippen LogP contribution in [0.25, 0.3) is 5.78 Å². The maximum Gasteiger partial charge on any atom is 0.338 e. The number of nitriles is 1. The number of aromatic nitrogens is 4. The van der Waals surface area contributed by atoms with Crippen molar-refractivity contribution in [1.82, 2.24) is 19.6 Å². The van der Waals surface area contributed by atoms with E-state index in [0.29, 0.717) is 36.4 Å². The second-order valence-electron chi connectivity index (χ2n) is 11.2. The van der Waals surface area contributed by atoms with E-state index in [9.17, 15) is 23.9 Å². The van der Waals surface area contributed by atoms with Crippen LogP contribution in [0, 0.1) is 35.8 Å². The van der Waals surface area contributed by atoms with Crippen molar-refractivity contribution in [3.05, 3.63) is 70.0 Å². The number of carbonyl (C=O) groups is 1. The summed E-state index contributed by atoms with van der Waals surface area (Å²) in [5.74, 6) is -1.33. The van der Waals surface area contributed by atoms with Crippen LogP contribution in [0.2, 0.25) is 0 Å². The Kier molecular flexibility index (Phi) is 6.12. The summed E-state index contributed by atoms with van der Waals surface area (Å²) in [6.45, 7) is 1.89. The van der Waals surface area contributed by atoms with Crippen LogP contribution < -0.4 is 0 Å². The molecule has 8 nitrogen and oxygen atoms in total. The summed E-state index contributed by atoms with van der Waals surface area (Å²) in [6, 6.07) is 4.63. The van der Waals surface area contributed by atoms with E-state index >= 15 is 0 Å². The number of carbonyl (C=O) groups excluding carboxylic acids is 1. The van der Waals surface area contributed by atoms with E-state index in [0.717, 1.165) is 31.2 Å². The van der Waals surface area contributed by atoms with Gasteiger partial charge in [0.15, 0.2) is 5.82 Å². The van der Waals surface area contributed by atoms with Gasteiger partial charge in [0, 0.05) is 30.8 Å². The Morgan fingerprint density at radius 1 is 1.23 bits per heavy atom. The van der Waals surface area contributed by atoms with Crippen molar-refractivity contribution in [2.75, 3.05) is 0 Å². The molecule has 0 spiro atoms. The maximum atomic E-state index is 14.9. The minimum absolute atomic E-state index is 0.00630. The van der Waals surface area contributed by atoms with Crippen LogP contribution in [0.4, 0.5) is 8.78 Å². The highest BCUT2D eigenvalue weighted by molar-refractivity contribution is 5.90. The van der Waals surface area contributed by atoms with E-state index in [1.807, 2.05) is 6.92 Å². The first-order chi connectivity index (χ1) is 18.7. The van der Waals surface area contributed by atoms with Gasteiger partial charge in [-0.1, -0.05) is 12.8 Å². The molecule has 1 aliphatic heterocycles. The molecular weight excluding hydrogens is 504 g/mol. The number of ether oxygens (including phenoxy) is 1. The lowest BCUT2D eigenvalue weighted by atomic mass is 9.76. The molecule has 2 saturated carbocycles. The number of halogens is 2. The van der Waals surface area contributed by atoms with Crippen LogP contribution in [0.15, 0.2) is 35.9 Å². The van der Waals surface area contributed by atoms with Crippen LogP contribution in [-0.4, -0.2) is 36.3 Å². The highest BCUT2D eigenvalue weighted by atomic mass is 19.1. The lowest BCUT2D eigenvalue weighted by Gasteiger charge is -2.41. The van der Waals surface area contributed by atoms with Crippen LogP contribution in [0.3, 0.4) is 0 Å². The lowest BCUT2D eigenvalue weighted by molar-refractivity contribution is -0.167. The number of hydrogen-bond acceptors (Lipinski definition) is 7. The van der Waals surface area contributed by atoms with Gasteiger partial charge in [-0.15, -0.1) is 5.10 Å². The number of fused-ring (bicyclic) bond motifs is 1. The van der Waals surface area contributed by atoms with Gasteiger partial charge in [0.1, 0.15) is 23.0 Å². The zero-order valence-electron chi connectivity index (χ0n) is 21.7. The molecule has 202 valence electrons. The van der Waals surface area contributed by atoms with Crippen LogP contribution in [-0.2, 0) is 27.8 Å². The van der Waals surface area contributed by atoms with Crippen LogP contribution in [0.5, 0.6) is 0 Å². The Balaban J connectivity index is 1.25. The number of aryl methyl sites for hydroxylation is 2. The van der Waals surface area contributed by atoms with Gasteiger partial charge in [-0.25, -0.2) is 23.1 Å². The zero-order chi connectivity index (χ0) is 27.4. The lowest BCUT2D eigenvalue weighted by Crippen LogP contribution is -2.46. The summed E-state index contributed by atoms with van der Waals surface area (Å²) in [6.07, 6.45) is 8.75. The molecule has 0 saturated heterocycles. The topological polar surface area (TPSA) is 113 Å². The molecule has 2 aliphatic carbocycles. The predicted molar refractivity (Wildman–Crippen MR) is 135 cm³/mol. The molecular formula is C29H29F2N5O3. The minimum Gasteiger partial charge on any atom is -0.512 e. The molecule has 3 aliphatic rings. The smallest absolute Gasteiger partial charge is 0.338 e. The molecule has 1 N–H and O–H groups in total. The standard InChI is InChI=1S/C29H29F2N5O3/c1-17-14-33-27-34-24(35-36(27)15-17)12-20-23(37)13-29(39-26(20)38,19-4-2-3-5-19)7-6-18-10-21(30)25(22(31)11-18)28(16-32)8-9-28/h10-11,14-15,19,37H,2-9,12-13H2,1H3. The summed E-state index contributed by atoms with van der Waals surface area (Å²) in [5.41, 5.74) is -0.729. The van der Waals surface area contributed by atoms with Gasteiger partial charge in [0.05, 0.1) is 17.1 Å². The van der Waals surface area contributed by atoms with Gasteiger partial charge in [0.25, 0.3) is 5.78 Å². The number of aliphatic hydroxyl groups is 1. The molecule has 3 heterocycles. The van der Waals surface area contributed by atoms with Crippen molar-refractivity contribution in [2.24, 2.45) is 5.92 Å². The first-order valence-electron chi connectivity index (χ1n) is 13.4. The van der Waals surface area contributed by atoms with Gasteiger partial charge < -0.3 is 9.84 Å². The van der Waals surface area contributed by atoms with E-state index in [4.69, 9.17) is 4.74 Å². The summed E-state index contributed by atoms with van der Waals surface area (Å²) in [7, 11) is 0. The maximum absolute atomic E-state index is 14.9. The molecule has 0 bridgehead atoms. The Labute approximate surface area is 224 Å². The molecule has 2 aromatic heterocycles. The number of aliphatic hydroxyl groups excluding tert-OH is 1. The van der Waals surface area contributed by atoms with Crippen LogP contribution in [0.1, 0.15) is 73.9 Å². The zero-order valence-corrected chi connectivity index (χ0v) is 21.7. The summed E-state index contributed by atoms with van der Waals surface area (Å²) in [4.78, 5) is 21.9. The van der Waals surface area contributed by atoms with Crippen molar-refractivity contribution in [3.8, 4) is 6.07 Å². The van der Waals surface area contributed by atoms with Gasteiger partial charge in [-0.05, 0) is 74.6 Å². The van der Waals surface area contributed by atoms with E-state index in [-0.39, 0.29) is 42.1 Å². The number of hydrogen-bond donors (Lipinski definition) is 1. The second kappa shape index (κ2) is 9.40. The molecule has 39 heavy (non-hydrogen) atoms. The third-order valence-electron chi connectivity index (χ3n) is 8.54. The third kappa shape index (κ3) is 4.54. The number of cyclic esters (lactones) is 1. The van der Waals surface area contributed by atoms with E-state index < -0.39 is 28.6 Å². The monoisotopic (exact) mass is 533 g/mol. The first kappa shape index (κ1) is 25.4. The minimum atomic E-state index is -1.06. The number of nitrogens with zero attached hydrogens (tertiary/aromatic N) is 5. The summed E-state index contributed by atoms with van der Waals surface area (Å²) >= 11 is 0. The van der Waals surface area contributed by atoms with Crippen molar-refractivity contribution in [3.63, 3.8) is 0 Å². The van der Waals surface area contributed by atoms with Crippen molar-refractivity contribution in [2.45, 2.75) is 82.1 Å². The fourth-order valence-electron chi connectivity index (χ4n) is 6.26. The average Bonchev–Trinajstić information content (AvgIpc) is 3.28. The molecule has 2 fully saturated rings. The molecule has 10 heteroatoms. The molecule has 1 unspecified atom stereocenters. The fourth-order valence-corrected chi connectivity index (χ4v) is 6.26. The van der Waals surface area contributed by atoms with Crippen molar-refractivity contribution < 1.29 is 23.4 Å². The Morgan fingerprint density at radius 2 is 1.95 bits per heavy atom. The molecule has 0 radical (unpaired) electrons. The van der Waals surface area contributed by atoms with E-state index in [1.54, 1.807) is 12.4 Å². The molecule has 6 rings (SSSR count). The van der Waals surface area contributed by atoms with Crippen LogP contribution >= 0.6 is 0 Å². The van der Waals surface area contributed by atoms with Gasteiger partial charge >= 0.3 is 5.97 Å². The third-order valence-corrected chi connectivity index (χ3v) is 8.54. The fraction of sp³-hybridized carbons (Fsp3) is 0.483. The molecule has 0 amide bonds. The predicted octanol–water partition coefficient (Wildman–Crippen LogP) is 5.13. The Bertz CT molecular complexity index is 1520. The van der Waals surface area contributed by atoms with E-state index in [1.165, 1.54) is 16.6 Å². The van der Waals surface area contributed by atoms with Gasteiger partial charge in [-0.3, -0.25) is 0 Å². The number of benzene rings is 1. The average molecular weight is 534 g/mol. The summed E-state index contributed by atoms with van der Waals surface area (Å²) < 4.78 is 37.5.